The van der Waals surface area contributed by atoms with Crippen molar-refractivity contribution in [3.05, 3.63) is 48.5 Å². The molecule has 3 N–H and O–H groups in total. The van der Waals surface area contributed by atoms with Gasteiger partial charge >= 0.3 is 6.03 Å². The van der Waals surface area contributed by atoms with Crippen LogP contribution < -0.4 is 20.9 Å². The molecule has 1 aliphatic heterocycles. The van der Waals surface area contributed by atoms with Crippen LogP contribution in [0.1, 0.15) is 32.1 Å². The second-order valence-corrected chi connectivity index (χ2v) is 7.75. The number of hydrogen-bond acceptors (Lipinski definition) is 4. The van der Waals surface area contributed by atoms with Crippen LogP contribution in [0, 0.1) is 0 Å². The second-order valence-electron chi connectivity index (χ2n) is 7.75. The Morgan fingerprint density at radius 3 is 2.34 bits per heavy atom. The summed E-state index contributed by atoms with van der Waals surface area (Å²) in [7, 11) is 0. The average molecular weight is 395 g/mol. The van der Waals surface area contributed by atoms with Gasteiger partial charge in [0.05, 0.1) is 24.6 Å². The van der Waals surface area contributed by atoms with Crippen molar-refractivity contribution in [2.24, 2.45) is 0 Å². The highest BCUT2D eigenvalue weighted by atomic mass is 16.5. The molecule has 154 valence electrons. The molecule has 6 nitrogen and oxygen atoms in total. The number of anilines is 4. The van der Waals surface area contributed by atoms with Crippen LogP contribution in [0.5, 0.6) is 0 Å². The Labute approximate surface area is 172 Å². The molecule has 2 aromatic rings. The number of morpholine rings is 1. The van der Waals surface area contributed by atoms with Crippen molar-refractivity contribution in [1.82, 2.24) is 5.32 Å². The van der Waals surface area contributed by atoms with E-state index in [0.717, 1.165) is 56.2 Å². The number of carbonyl (C=O) groups excluding carboxylic acids is 1. The van der Waals surface area contributed by atoms with E-state index in [1.165, 1.54) is 24.9 Å². The molecule has 0 radical (unpaired) electrons. The van der Waals surface area contributed by atoms with Crippen molar-refractivity contribution in [3.63, 3.8) is 0 Å². The van der Waals surface area contributed by atoms with Crippen LogP contribution in [-0.4, -0.2) is 38.4 Å². The number of rotatable bonds is 5. The Morgan fingerprint density at radius 2 is 1.59 bits per heavy atom. The van der Waals surface area contributed by atoms with E-state index in [9.17, 15) is 4.79 Å². The molecule has 4 rings (SSSR count). The standard InChI is InChI=1S/C23H30N4O2/c28-23(25-18-6-2-1-3-7-18)26-20-12-10-19(11-13-20)24-21-8-4-5-9-22(21)27-14-16-29-17-15-27/h4-5,8-13,18,24H,1-3,6-7,14-17H2,(H2,25,26,28). The topological polar surface area (TPSA) is 65.6 Å². The fraction of sp³-hybridized carbons (Fsp3) is 0.435. The van der Waals surface area contributed by atoms with Gasteiger partial charge in [0.1, 0.15) is 0 Å². The molecular weight excluding hydrogens is 364 g/mol. The molecule has 1 saturated heterocycles. The molecule has 2 aromatic carbocycles. The number of nitrogens with one attached hydrogen (secondary N) is 3. The minimum absolute atomic E-state index is 0.115. The summed E-state index contributed by atoms with van der Waals surface area (Å²) in [6, 6.07) is 16.4. The maximum Gasteiger partial charge on any atom is 0.319 e. The third-order valence-corrected chi connectivity index (χ3v) is 5.62. The predicted molar refractivity (Wildman–Crippen MR) is 118 cm³/mol. The lowest BCUT2D eigenvalue weighted by molar-refractivity contribution is 0.123. The van der Waals surface area contributed by atoms with E-state index in [4.69, 9.17) is 4.74 Å². The summed E-state index contributed by atoms with van der Waals surface area (Å²) in [6.45, 7) is 3.32. The van der Waals surface area contributed by atoms with Crippen LogP contribution in [0.2, 0.25) is 0 Å². The second kappa shape index (κ2) is 9.65. The van der Waals surface area contributed by atoms with Crippen LogP contribution in [-0.2, 0) is 4.74 Å². The Morgan fingerprint density at radius 1 is 0.897 bits per heavy atom. The first-order valence-corrected chi connectivity index (χ1v) is 10.6. The third-order valence-electron chi connectivity index (χ3n) is 5.62. The molecule has 29 heavy (non-hydrogen) atoms. The number of ether oxygens (including phenoxy) is 1. The lowest BCUT2D eigenvalue weighted by Crippen LogP contribution is -2.38. The fourth-order valence-electron chi connectivity index (χ4n) is 4.05. The Kier molecular flexibility index (Phi) is 6.52. The van der Waals surface area contributed by atoms with E-state index < -0.39 is 0 Å². The zero-order valence-electron chi connectivity index (χ0n) is 16.8. The molecule has 0 spiro atoms. The van der Waals surface area contributed by atoms with E-state index in [-0.39, 0.29) is 6.03 Å². The average Bonchev–Trinajstić information content (AvgIpc) is 2.77. The number of amides is 2. The number of para-hydroxylation sites is 2. The summed E-state index contributed by atoms with van der Waals surface area (Å²) < 4.78 is 5.47. The minimum Gasteiger partial charge on any atom is -0.378 e. The molecule has 2 fully saturated rings. The maximum absolute atomic E-state index is 12.2. The lowest BCUT2D eigenvalue weighted by atomic mass is 9.96. The van der Waals surface area contributed by atoms with Crippen LogP contribution >= 0.6 is 0 Å². The van der Waals surface area contributed by atoms with Crippen molar-refractivity contribution < 1.29 is 9.53 Å². The fourth-order valence-corrected chi connectivity index (χ4v) is 4.05. The number of hydrogen-bond donors (Lipinski definition) is 3. The number of benzene rings is 2. The first kappa shape index (κ1) is 19.6. The molecule has 0 atom stereocenters. The molecule has 2 amide bonds. The van der Waals surface area contributed by atoms with Gasteiger partial charge in [-0.05, 0) is 49.2 Å². The van der Waals surface area contributed by atoms with Crippen LogP contribution in [0.25, 0.3) is 0 Å². The highest BCUT2D eigenvalue weighted by Gasteiger charge is 2.16. The number of carbonyl (C=O) groups is 1. The lowest BCUT2D eigenvalue weighted by Gasteiger charge is -2.30. The Balaban J connectivity index is 1.35. The zero-order chi connectivity index (χ0) is 19.9. The third kappa shape index (κ3) is 5.41. The van der Waals surface area contributed by atoms with Gasteiger partial charge in [-0.2, -0.15) is 0 Å². The van der Waals surface area contributed by atoms with Crippen molar-refractivity contribution in [3.8, 4) is 0 Å². The van der Waals surface area contributed by atoms with E-state index in [0.29, 0.717) is 6.04 Å². The van der Waals surface area contributed by atoms with Crippen molar-refractivity contribution in [1.29, 1.82) is 0 Å². The molecule has 0 bridgehead atoms. The van der Waals surface area contributed by atoms with Crippen LogP contribution in [0.4, 0.5) is 27.5 Å². The van der Waals surface area contributed by atoms with E-state index in [2.05, 4.69) is 39.0 Å². The van der Waals surface area contributed by atoms with Crippen LogP contribution in [0.15, 0.2) is 48.5 Å². The number of urea groups is 1. The summed E-state index contributed by atoms with van der Waals surface area (Å²) >= 11 is 0. The molecule has 1 heterocycles. The Hall–Kier alpha value is -2.73. The summed E-state index contributed by atoms with van der Waals surface area (Å²) in [6.07, 6.45) is 5.86. The normalized spacial score (nSPS) is 17.6. The quantitative estimate of drug-likeness (QED) is 0.686. The first-order chi connectivity index (χ1) is 14.3. The highest BCUT2D eigenvalue weighted by Crippen LogP contribution is 2.29. The first-order valence-electron chi connectivity index (χ1n) is 10.6. The largest absolute Gasteiger partial charge is 0.378 e. The van der Waals surface area contributed by atoms with E-state index >= 15 is 0 Å². The molecular formula is C23H30N4O2. The van der Waals surface area contributed by atoms with Crippen molar-refractivity contribution in [2.45, 2.75) is 38.1 Å². The molecule has 2 aliphatic rings. The smallest absolute Gasteiger partial charge is 0.319 e. The van der Waals surface area contributed by atoms with Gasteiger partial charge in [0.25, 0.3) is 0 Å². The highest BCUT2D eigenvalue weighted by molar-refractivity contribution is 5.89. The van der Waals surface area contributed by atoms with E-state index in [1.54, 1.807) is 0 Å². The predicted octanol–water partition coefficient (Wildman–Crippen LogP) is 4.72. The van der Waals surface area contributed by atoms with Gasteiger partial charge in [0.15, 0.2) is 0 Å². The summed E-state index contributed by atoms with van der Waals surface area (Å²) in [5, 5.41) is 9.53. The zero-order valence-corrected chi connectivity index (χ0v) is 16.8. The molecule has 1 aliphatic carbocycles. The Bertz CT molecular complexity index is 797. The minimum atomic E-state index is -0.115. The maximum atomic E-state index is 12.2. The van der Waals surface area contributed by atoms with Crippen molar-refractivity contribution >= 4 is 28.8 Å². The van der Waals surface area contributed by atoms with Gasteiger partial charge < -0.3 is 25.6 Å². The molecule has 6 heteroatoms. The monoisotopic (exact) mass is 394 g/mol. The molecule has 0 unspecified atom stereocenters. The SMILES string of the molecule is O=C(Nc1ccc(Nc2ccccc2N2CCOCC2)cc1)NC1CCCCC1. The van der Waals surface area contributed by atoms with Gasteiger partial charge in [0, 0.05) is 30.5 Å². The van der Waals surface area contributed by atoms with E-state index in [1.807, 2.05) is 30.3 Å². The van der Waals surface area contributed by atoms with Crippen molar-refractivity contribution in [2.75, 3.05) is 41.8 Å². The summed E-state index contributed by atoms with van der Waals surface area (Å²) in [4.78, 5) is 14.6. The summed E-state index contributed by atoms with van der Waals surface area (Å²) in [5.41, 5.74) is 4.05. The van der Waals surface area contributed by atoms with Gasteiger partial charge in [-0.25, -0.2) is 4.79 Å². The van der Waals surface area contributed by atoms with Gasteiger partial charge in [-0.1, -0.05) is 31.4 Å². The molecule has 0 aromatic heterocycles. The van der Waals surface area contributed by atoms with Gasteiger partial charge in [-0.15, -0.1) is 0 Å². The summed E-state index contributed by atoms with van der Waals surface area (Å²) in [5.74, 6) is 0. The number of nitrogens with zero attached hydrogens (tertiary/aromatic N) is 1. The van der Waals surface area contributed by atoms with Gasteiger partial charge in [-0.3, -0.25) is 0 Å². The van der Waals surface area contributed by atoms with Gasteiger partial charge in [0.2, 0.25) is 0 Å². The molecule has 1 saturated carbocycles. The van der Waals surface area contributed by atoms with Crippen LogP contribution in [0.3, 0.4) is 0 Å².